The molecule has 0 aromatic heterocycles. The summed E-state index contributed by atoms with van der Waals surface area (Å²) in [6, 6.07) is 5.24. The number of aliphatic hydroxyl groups excluding tert-OH is 1. The zero-order valence-electron chi connectivity index (χ0n) is 10.8. The minimum Gasteiger partial charge on any atom is -0.486 e. The van der Waals surface area contributed by atoms with E-state index in [9.17, 15) is 9.90 Å². The van der Waals surface area contributed by atoms with Gasteiger partial charge in [0.15, 0.2) is 11.5 Å². The number of hydrogen-bond donors (Lipinski definition) is 2. The first-order valence-electron chi connectivity index (χ1n) is 6.45. The maximum Gasteiger partial charge on any atom is 0.414 e. The van der Waals surface area contributed by atoms with Gasteiger partial charge in [-0.05, 0) is 12.1 Å². The van der Waals surface area contributed by atoms with E-state index in [1.165, 1.54) is 4.90 Å². The molecule has 0 saturated carbocycles. The normalized spacial score (nSPS) is 22.6. The van der Waals surface area contributed by atoms with Gasteiger partial charge in [-0.3, -0.25) is 4.90 Å². The predicted molar refractivity (Wildman–Crippen MR) is 70.1 cm³/mol. The molecule has 1 aromatic carbocycles. The van der Waals surface area contributed by atoms with Crippen LogP contribution in [0.5, 0.6) is 11.5 Å². The van der Waals surface area contributed by atoms with Gasteiger partial charge in [-0.2, -0.15) is 0 Å². The van der Waals surface area contributed by atoms with Crippen molar-refractivity contribution in [3.63, 3.8) is 0 Å². The average Bonchev–Trinajstić information content (AvgIpc) is 2.88. The van der Waals surface area contributed by atoms with Crippen molar-refractivity contribution >= 4 is 11.8 Å². The molecule has 1 amide bonds. The molecule has 2 heterocycles. The molecule has 0 radical (unpaired) electrons. The summed E-state index contributed by atoms with van der Waals surface area (Å²) < 4.78 is 16.0. The predicted octanol–water partition coefficient (Wildman–Crippen LogP) is 0.103. The number of carbonyl (C=O) groups excluding carboxylic acids is 1. The third-order valence-corrected chi connectivity index (χ3v) is 3.34. The molecule has 2 atom stereocenters. The fourth-order valence-corrected chi connectivity index (χ4v) is 2.25. The van der Waals surface area contributed by atoms with Crippen LogP contribution < -0.4 is 20.1 Å². The molecule has 1 saturated heterocycles. The maximum absolute atomic E-state index is 11.9. The van der Waals surface area contributed by atoms with Gasteiger partial charge in [0.25, 0.3) is 0 Å². The van der Waals surface area contributed by atoms with E-state index in [0.29, 0.717) is 30.4 Å². The largest absolute Gasteiger partial charge is 0.486 e. The van der Waals surface area contributed by atoms with Crippen molar-refractivity contribution in [2.75, 3.05) is 31.2 Å². The summed E-state index contributed by atoms with van der Waals surface area (Å²) in [5, 5.41) is 9.66. The van der Waals surface area contributed by atoms with Crippen molar-refractivity contribution in [1.29, 1.82) is 0 Å². The van der Waals surface area contributed by atoms with Crippen LogP contribution in [0, 0.1) is 0 Å². The van der Waals surface area contributed by atoms with E-state index in [-0.39, 0.29) is 13.1 Å². The quantitative estimate of drug-likeness (QED) is 0.815. The lowest BCUT2D eigenvalue weighted by Gasteiger charge is -2.21. The monoisotopic (exact) mass is 280 g/mol. The minimum absolute atomic E-state index is 0.0485. The molecule has 3 rings (SSSR count). The summed E-state index contributed by atoms with van der Waals surface area (Å²) >= 11 is 0. The number of fused-ring (bicyclic) bond motifs is 1. The summed E-state index contributed by atoms with van der Waals surface area (Å²) in [6.07, 6.45) is -1.97. The van der Waals surface area contributed by atoms with Crippen molar-refractivity contribution in [1.82, 2.24) is 0 Å². The molecular formula is C13H16N2O5. The van der Waals surface area contributed by atoms with E-state index < -0.39 is 18.3 Å². The fourth-order valence-electron chi connectivity index (χ4n) is 2.25. The summed E-state index contributed by atoms with van der Waals surface area (Å²) in [4.78, 5) is 13.3. The second-order valence-electron chi connectivity index (χ2n) is 4.66. The highest BCUT2D eigenvalue weighted by atomic mass is 16.6. The summed E-state index contributed by atoms with van der Waals surface area (Å²) in [6.45, 7) is 1.31. The minimum atomic E-state index is -0.860. The Labute approximate surface area is 115 Å². The van der Waals surface area contributed by atoms with Gasteiger partial charge in [0, 0.05) is 12.6 Å². The number of amides is 1. The van der Waals surface area contributed by atoms with Gasteiger partial charge in [-0.15, -0.1) is 0 Å². The molecule has 7 heteroatoms. The number of nitrogens with zero attached hydrogens (tertiary/aromatic N) is 1. The zero-order chi connectivity index (χ0) is 14.1. The topological polar surface area (TPSA) is 94.3 Å². The van der Waals surface area contributed by atoms with Gasteiger partial charge in [0.1, 0.15) is 25.4 Å². The number of anilines is 1. The number of cyclic esters (lactones) is 1. The van der Waals surface area contributed by atoms with Crippen molar-refractivity contribution in [3.8, 4) is 11.5 Å². The number of carbonyl (C=O) groups is 1. The van der Waals surface area contributed by atoms with E-state index in [1.807, 2.05) is 0 Å². The molecule has 20 heavy (non-hydrogen) atoms. The van der Waals surface area contributed by atoms with Gasteiger partial charge in [-0.25, -0.2) is 4.79 Å². The number of hydrogen-bond acceptors (Lipinski definition) is 6. The molecule has 2 aliphatic rings. The molecule has 1 fully saturated rings. The van der Waals surface area contributed by atoms with Crippen LogP contribution in [0.2, 0.25) is 0 Å². The molecular weight excluding hydrogens is 264 g/mol. The molecule has 108 valence electrons. The SMILES string of the molecule is NC[C@H](O)[C@@H]1CN(c2ccc3c(c2)OCCO3)C(=O)O1. The van der Waals surface area contributed by atoms with E-state index in [2.05, 4.69) is 0 Å². The van der Waals surface area contributed by atoms with Crippen LogP contribution >= 0.6 is 0 Å². The Morgan fingerprint density at radius 3 is 2.85 bits per heavy atom. The van der Waals surface area contributed by atoms with Gasteiger partial charge < -0.3 is 25.1 Å². The lowest BCUT2D eigenvalue weighted by molar-refractivity contribution is 0.0380. The third kappa shape index (κ3) is 2.25. The van der Waals surface area contributed by atoms with E-state index in [1.54, 1.807) is 18.2 Å². The zero-order valence-corrected chi connectivity index (χ0v) is 10.8. The van der Waals surface area contributed by atoms with Crippen LogP contribution in [0.3, 0.4) is 0 Å². The van der Waals surface area contributed by atoms with Crippen LogP contribution in [0.4, 0.5) is 10.5 Å². The number of rotatable bonds is 3. The Morgan fingerprint density at radius 1 is 1.35 bits per heavy atom. The Balaban J connectivity index is 1.81. The molecule has 1 aromatic rings. The number of benzene rings is 1. The van der Waals surface area contributed by atoms with Gasteiger partial charge in [0.05, 0.1) is 12.2 Å². The van der Waals surface area contributed by atoms with E-state index >= 15 is 0 Å². The average molecular weight is 280 g/mol. The fraction of sp³-hybridized carbons (Fsp3) is 0.462. The summed E-state index contributed by atoms with van der Waals surface area (Å²) in [5.41, 5.74) is 6.02. The summed E-state index contributed by atoms with van der Waals surface area (Å²) in [5.74, 6) is 1.26. The molecule has 0 unspecified atom stereocenters. The number of ether oxygens (including phenoxy) is 3. The second-order valence-corrected chi connectivity index (χ2v) is 4.66. The van der Waals surface area contributed by atoms with Gasteiger partial charge in [0.2, 0.25) is 0 Å². The highest BCUT2D eigenvalue weighted by molar-refractivity contribution is 5.90. The highest BCUT2D eigenvalue weighted by Crippen LogP contribution is 2.35. The van der Waals surface area contributed by atoms with Crippen molar-refractivity contribution in [2.45, 2.75) is 12.2 Å². The molecule has 0 aliphatic carbocycles. The Bertz CT molecular complexity index is 521. The molecule has 7 nitrogen and oxygen atoms in total. The second kappa shape index (κ2) is 5.18. The lowest BCUT2D eigenvalue weighted by atomic mass is 10.2. The summed E-state index contributed by atoms with van der Waals surface area (Å²) in [7, 11) is 0. The first-order chi connectivity index (χ1) is 9.69. The standard InChI is InChI=1S/C13H16N2O5/c14-6-9(16)12-7-15(13(17)20-12)8-1-2-10-11(5-8)19-4-3-18-10/h1-2,5,9,12,16H,3-4,6-7,14H2/t9-,12-/m0/s1. The highest BCUT2D eigenvalue weighted by Gasteiger charge is 2.36. The van der Waals surface area contributed by atoms with E-state index in [0.717, 1.165) is 0 Å². The van der Waals surface area contributed by atoms with E-state index in [4.69, 9.17) is 19.9 Å². The Hall–Kier alpha value is -1.99. The van der Waals surface area contributed by atoms with Gasteiger partial charge in [-0.1, -0.05) is 0 Å². The van der Waals surface area contributed by atoms with Gasteiger partial charge >= 0.3 is 6.09 Å². The first-order valence-corrected chi connectivity index (χ1v) is 6.45. The van der Waals surface area contributed by atoms with Crippen LogP contribution in [0.15, 0.2) is 18.2 Å². The maximum atomic E-state index is 11.9. The molecule has 0 spiro atoms. The molecule has 0 bridgehead atoms. The number of nitrogens with two attached hydrogens (primary N) is 1. The van der Waals surface area contributed by atoms with Crippen molar-refractivity contribution in [2.24, 2.45) is 5.73 Å². The lowest BCUT2D eigenvalue weighted by Crippen LogP contribution is -2.36. The smallest absolute Gasteiger partial charge is 0.414 e. The molecule has 3 N–H and O–H groups in total. The van der Waals surface area contributed by atoms with Crippen LogP contribution in [-0.4, -0.2) is 49.7 Å². The van der Waals surface area contributed by atoms with Crippen molar-refractivity contribution < 1.29 is 24.1 Å². The van der Waals surface area contributed by atoms with Crippen LogP contribution in [0.1, 0.15) is 0 Å². The van der Waals surface area contributed by atoms with Crippen LogP contribution in [0.25, 0.3) is 0 Å². The number of aliphatic hydroxyl groups is 1. The third-order valence-electron chi connectivity index (χ3n) is 3.34. The van der Waals surface area contributed by atoms with Crippen LogP contribution in [-0.2, 0) is 4.74 Å². The Morgan fingerprint density at radius 2 is 2.10 bits per heavy atom. The Kier molecular flexibility index (Phi) is 3.37. The first kappa shape index (κ1) is 13.0. The molecule has 2 aliphatic heterocycles. The van der Waals surface area contributed by atoms with Crippen molar-refractivity contribution in [3.05, 3.63) is 18.2 Å².